The summed E-state index contributed by atoms with van der Waals surface area (Å²) in [5.41, 5.74) is 2.86. The van der Waals surface area contributed by atoms with Gasteiger partial charge in [0.25, 0.3) is 11.5 Å². The van der Waals surface area contributed by atoms with E-state index in [9.17, 15) is 19.5 Å². The van der Waals surface area contributed by atoms with Crippen LogP contribution < -0.4 is 21.9 Å². The molecule has 5 rings (SSSR count). The fourth-order valence-corrected chi connectivity index (χ4v) is 6.57. The quantitative estimate of drug-likeness (QED) is 0.235. The molecule has 3 aromatic rings. The molecule has 1 fully saturated rings. The van der Waals surface area contributed by atoms with Gasteiger partial charge in [0.05, 0.1) is 41.3 Å². The lowest BCUT2D eigenvalue weighted by atomic mass is 10.0. The van der Waals surface area contributed by atoms with E-state index in [1.54, 1.807) is 43.5 Å². The van der Waals surface area contributed by atoms with Gasteiger partial charge in [-0.1, -0.05) is 65.7 Å². The number of ether oxygens (including phenoxy) is 2. The summed E-state index contributed by atoms with van der Waals surface area (Å²) in [6.45, 7) is 7.14. The van der Waals surface area contributed by atoms with Crippen molar-refractivity contribution in [1.29, 1.82) is 0 Å². The lowest BCUT2D eigenvalue weighted by Gasteiger charge is -2.32. The molecule has 2 aliphatic rings. The highest BCUT2D eigenvalue weighted by Crippen LogP contribution is 2.40. The SMILES string of the molecule is C=C(N=C(OC)C1=C(C)CCC1NC1CCOCC1O)c1cccc(-c2cccc(NC(=O)c3cn(C)c(=O)n(C)c3=O)c2Cl)c1Cl. The van der Waals surface area contributed by atoms with Crippen LogP contribution in [0.25, 0.3) is 16.8 Å². The van der Waals surface area contributed by atoms with Gasteiger partial charge >= 0.3 is 5.69 Å². The number of hydrogen-bond acceptors (Lipinski definition) is 8. The zero-order valence-electron chi connectivity index (χ0n) is 26.6. The van der Waals surface area contributed by atoms with Gasteiger partial charge in [-0.3, -0.25) is 14.2 Å². The standard InChI is InChI=1S/C34H37Cl2N5O6/c1-18-12-13-25(38-24-14-15-47-17-27(24)42)28(18)32(46-5)37-19(2)20-8-6-9-21(29(20)35)22-10-7-11-26(30(22)36)39-31(43)23-16-40(3)34(45)41(4)33(23)44/h6-11,16,24-25,27,38,42H,2,12-15,17H2,1,3-5H3,(H,39,43). The summed E-state index contributed by atoms with van der Waals surface area (Å²) < 4.78 is 13.2. The van der Waals surface area contributed by atoms with Gasteiger partial charge in [-0.25, -0.2) is 9.79 Å². The molecule has 1 saturated heterocycles. The highest BCUT2D eigenvalue weighted by Gasteiger charge is 2.33. The molecule has 1 aliphatic heterocycles. The number of aromatic nitrogens is 2. The molecule has 248 valence electrons. The highest BCUT2D eigenvalue weighted by molar-refractivity contribution is 6.39. The topological polar surface area (TPSA) is 136 Å². The number of nitrogens with one attached hydrogen (secondary N) is 2. The second-order valence-corrected chi connectivity index (χ2v) is 12.4. The molecule has 1 aliphatic carbocycles. The molecule has 2 aromatic carbocycles. The second kappa shape index (κ2) is 14.4. The number of anilines is 1. The van der Waals surface area contributed by atoms with Crippen LogP contribution in [0.15, 0.2) is 74.9 Å². The van der Waals surface area contributed by atoms with Gasteiger partial charge in [-0.05, 0) is 32.3 Å². The third-order valence-corrected chi connectivity index (χ3v) is 9.37. The van der Waals surface area contributed by atoms with Crippen LogP contribution in [0.5, 0.6) is 0 Å². The Labute approximate surface area is 282 Å². The zero-order valence-corrected chi connectivity index (χ0v) is 28.1. The van der Waals surface area contributed by atoms with Crippen molar-refractivity contribution < 1.29 is 19.4 Å². The first-order chi connectivity index (χ1) is 22.4. The van der Waals surface area contributed by atoms with Gasteiger partial charge in [-0.15, -0.1) is 0 Å². The van der Waals surface area contributed by atoms with E-state index in [2.05, 4.69) is 17.2 Å². The number of nitrogens with zero attached hydrogens (tertiary/aromatic N) is 3. The number of rotatable bonds is 8. The predicted octanol–water partition coefficient (Wildman–Crippen LogP) is 4.54. The molecular formula is C34H37Cl2N5O6. The van der Waals surface area contributed by atoms with E-state index in [1.165, 1.54) is 20.3 Å². The van der Waals surface area contributed by atoms with Crippen molar-refractivity contribution in [2.24, 2.45) is 19.1 Å². The number of aliphatic imine (C=N–C) groups is 1. The van der Waals surface area contributed by atoms with Gasteiger partial charge in [0.2, 0.25) is 5.90 Å². The molecule has 3 unspecified atom stereocenters. The van der Waals surface area contributed by atoms with E-state index < -0.39 is 23.3 Å². The zero-order chi connectivity index (χ0) is 34.0. The van der Waals surface area contributed by atoms with Crippen LogP contribution in [0.4, 0.5) is 5.69 Å². The summed E-state index contributed by atoms with van der Waals surface area (Å²) in [5, 5.41) is 17.2. The minimum Gasteiger partial charge on any atom is -0.481 e. The van der Waals surface area contributed by atoms with Crippen molar-refractivity contribution in [2.75, 3.05) is 25.6 Å². The molecule has 0 spiro atoms. The number of allylic oxidation sites excluding steroid dienone is 1. The van der Waals surface area contributed by atoms with Crippen molar-refractivity contribution in [2.45, 2.75) is 44.4 Å². The third kappa shape index (κ3) is 7.00. The number of aryl methyl sites for hydroxylation is 1. The van der Waals surface area contributed by atoms with Crippen LogP contribution in [0.2, 0.25) is 10.0 Å². The van der Waals surface area contributed by atoms with Crippen LogP contribution in [0.1, 0.15) is 42.1 Å². The molecule has 3 N–H and O–H groups in total. The molecule has 0 radical (unpaired) electrons. The van der Waals surface area contributed by atoms with Crippen molar-refractivity contribution in [3.8, 4) is 11.1 Å². The summed E-state index contributed by atoms with van der Waals surface area (Å²) in [6, 6.07) is 10.3. The summed E-state index contributed by atoms with van der Waals surface area (Å²) >= 11 is 13.8. The number of carbonyl (C=O) groups excluding carboxylic acids is 1. The monoisotopic (exact) mass is 681 g/mol. The Balaban J connectivity index is 1.42. The van der Waals surface area contributed by atoms with E-state index in [-0.39, 0.29) is 28.4 Å². The Morgan fingerprint density at radius 2 is 1.79 bits per heavy atom. The first kappa shape index (κ1) is 34.3. The summed E-state index contributed by atoms with van der Waals surface area (Å²) in [6.07, 6.45) is 3.01. The summed E-state index contributed by atoms with van der Waals surface area (Å²) in [5.74, 6) is -0.302. The lowest BCUT2D eigenvalue weighted by molar-refractivity contribution is -0.0293. The molecule has 0 saturated carbocycles. The smallest absolute Gasteiger partial charge is 0.330 e. The summed E-state index contributed by atoms with van der Waals surface area (Å²) in [4.78, 5) is 42.5. The fourth-order valence-electron chi connectivity index (χ4n) is 5.96. The molecule has 11 nitrogen and oxygen atoms in total. The molecule has 3 atom stereocenters. The largest absolute Gasteiger partial charge is 0.481 e. The van der Waals surface area contributed by atoms with Gasteiger partial charge in [0.15, 0.2) is 0 Å². The Bertz CT molecular complexity index is 1910. The van der Waals surface area contributed by atoms with Crippen molar-refractivity contribution in [3.63, 3.8) is 0 Å². The maximum absolute atomic E-state index is 13.1. The number of halogens is 2. The average molecular weight is 683 g/mol. The predicted molar refractivity (Wildman–Crippen MR) is 184 cm³/mol. The van der Waals surface area contributed by atoms with E-state index in [1.807, 2.05) is 6.92 Å². The molecule has 47 heavy (non-hydrogen) atoms. The first-order valence-electron chi connectivity index (χ1n) is 15.1. The van der Waals surface area contributed by atoms with Gasteiger partial charge in [0, 0.05) is 61.2 Å². The van der Waals surface area contributed by atoms with Crippen molar-refractivity contribution in [1.82, 2.24) is 14.5 Å². The number of benzene rings is 2. The number of amides is 1. The Morgan fingerprint density at radius 1 is 1.09 bits per heavy atom. The van der Waals surface area contributed by atoms with Crippen LogP contribution in [0, 0.1) is 0 Å². The number of methoxy groups -OCH3 is 1. The number of carbonyl (C=O) groups is 1. The van der Waals surface area contributed by atoms with Crippen LogP contribution in [-0.4, -0.2) is 64.6 Å². The van der Waals surface area contributed by atoms with Crippen LogP contribution >= 0.6 is 23.2 Å². The number of hydrogen-bond donors (Lipinski definition) is 3. The molecule has 0 bridgehead atoms. The van der Waals surface area contributed by atoms with E-state index in [0.29, 0.717) is 52.9 Å². The average Bonchev–Trinajstić information content (AvgIpc) is 3.41. The van der Waals surface area contributed by atoms with E-state index in [4.69, 9.17) is 37.7 Å². The number of aliphatic hydroxyl groups is 1. The molecular weight excluding hydrogens is 645 g/mol. The van der Waals surface area contributed by atoms with E-state index >= 15 is 0 Å². The van der Waals surface area contributed by atoms with Gasteiger partial charge in [-0.2, -0.15) is 0 Å². The molecule has 1 amide bonds. The lowest BCUT2D eigenvalue weighted by Crippen LogP contribution is -2.50. The summed E-state index contributed by atoms with van der Waals surface area (Å²) in [7, 11) is 4.32. The van der Waals surface area contributed by atoms with Gasteiger partial charge in [0.1, 0.15) is 5.56 Å². The van der Waals surface area contributed by atoms with Crippen molar-refractivity contribution >= 4 is 46.4 Å². The second-order valence-electron chi connectivity index (χ2n) is 11.6. The highest BCUT2D eigenvalue weighted by atomic mass is 35.5. The maximum atomic E-state index is 13.1. The first-order valence-corrected chi connectivity index (χ1v) is 15.9. The third-order valence-electron chi connectivity index (χ3n) is 8.56. The van der Waals surface area contributed by atoms with Gasteiger partial charge < -0.3 is 29.8 Å². The molecule has 13 heteroatoms. The molecule has 1 aromatic heterocycles. The van der Waals surface area contributed by atoms with Crippen LogP contribution in [-0.2, 0) is 23.6 Å². The Morgan fingerprint density at radius 3 is 2.49 bits per heavy atom. The van der Waals surface area contributed by atoms with Crippen LogP contribution in [0.3, 0.4) is 0 Å². The number of aliphatic hydroxyl groups excluding tert-OH is 1. The minimum atomic E-state index is -0.727. The Kier molecular flexibility index (Phi) is 10.5. The fraction of sp³-hybridized carbons (Fsp3) is 0.353. The van der Waals surface area contributed by atoms with Crippen molar-refractivity contribution in [3.05, 3.63) is 102 Å². The molecule has 2 heterocycles. The van der Waals surface area contributed by atoms with E-state index in [0.717, 1.165) is 33.1 Å². The minimum absolute atomic E-state index is 0.0567. The normalized spacial score (nSPS) is 20.0. The Hall–Kier alpha value is -4.00. The maximum Gasteiger partial charge on any atom is 0.330 e.